The van der Waals surface area contributed by atoms with Crippen molar-refractivity contribution in [2.75, 3.05) is 36.5 Å². The van der Waals surface area contributed by atoms with Gasteiger partial charge in [-0.15, -0.1) is 0 Å². The maximum atomic E-state index is 14.4. The largest absolute Gasteiger partial charge is 0.508 e. The van der Waals surface area contributed by atoms with Crippen molar-refractivity contribution in [3.8, 4) is 17.0 Å². The molecule has 0 spiro atoms. The van der Waals surface area contributed by atoms with E-state index in [9.17, 15) is 9.50 Å². The maximum Gasteiger partial charge on any atom is 0.228 e. The summed E-state index contributed by atoms with van der Waals surface area (Å²) in [5.41, 5.74) is 1.35. The van der Waals surface area contributed by atoms with E-state index in [2.05, 4.69) is 20.3 Å². The minimum absolute atomic E-state index is 0.0281. The summed E-state index contributed by atoms with van der Waals surface area (Å²) in [6, 6.07) is 9.19. The van der Waals surface area contributed by atoms with Crippen LogP contribution in [0.4, 0.5) is 21.8 Å². The Morgan fingerprint density at radius 3 is 2.74 bits per heavy atom. The number of nitrogens with one attached hydrogen (secondary N) is 1. The number of rotatable bonds is 4. The standard InChI is InChI=1S/C19H18FN5O2/c20-16-4-3-14(26)10-15(16)17-11-18(22-13-2-1-5-21-12-13)24-19(23-17)25-6-8-27-9-7-25/h1-5,10-12,26H,6-9H2,(H,22,23,24). The Labute approximate surface area is 155 Å². The van der Waals surface area contributed by atoms with E-state index < -0.39 is 5.82 Å². The van der Waals surface area contributed by atoms with Crippen LogP contribution in [0.3, 0.4) is 0 Å². The van der Waals surface area contributed by atoms with Crippen molar-refractivity contribution in [3.63, 3.8) is 0 Å². The van der Waals surface area contributed by atoms with E-state index in [0.29, 0.717) is 43.8 Å². The zero-order valence-electron chi connectivity index (χ0n) is 14.5. The van der Waals surface area contributed by atoms with Gasteiger partial charge in [0, 0.05) is 30.9 Å². The van der Waals surface area contributed by atoms with Crippen LogP contribution in [0.1, 0.15) is 0 Å². The van der Waals surface area contributed by atoms with Gasteiger partial charge in [-0.1, -0.05) is 0 Å². The van der Waals surface area contributed by atoms with E-state index in [1.165, 1.54) is 18.2 Å². The van der Waals surface area contributed by atoms with Crippen molar-refractivity contribution in [1.82, 2.24) is 15.0 Å². The Morgan fingerprint density at radius 1 is 1.11 bits per heavy atom. The third-order valence-corrected chi connectivity index (χ3v) is 4.17. The van der Waals surface area contributed by atoms with E-state index >= 15 is 0 Å². The monoisotopic (exact) mass is 367 g/mol. The van der Waals surface area contributed by atoms with Crippen LogP contribution in [0.5, 0.6) is 5.75 Å². The molecule has 0 bridgehead atoms. The van der Waals surface area contributed by atoms with Crippen molar-refractivity contribution in [2.45, 2.75) is 0 Å². The Morgan fingerprint density at radius 2 is 1.96 bits per heavy atom. The molecule has 138 valence electrons. The number of nitrogens with zero attached hydrogens (tertiary/aromatic N) is 4. The number of hydrogen-bond acceptors (Lipinski definition) is 7. The molecule has 0 unspecified atom stereocenters. The number of aromatic hydroxyl groups is 1. The van der Waals surface area contributed by atoms with Crippen LogP contribution in [0.25, 0.3) is 11.3 Å². The lowest BCUT2D eigenvalue weighted by atomic mass is 10.1. The van der Waals surface area contributed by atoms with Crippen LogP contribution >= 0.6 is 0 Å². The SMILES string of the molecule is Oc1ccc(F)c(-c2cc(Nc3cccnc3)nc(N3CCOCC3)n2)c1. The number of aromatic nitrogens is 3. The lowest BCUT2D eigenvalue weighted by molar-refractivity contribution is 0.122. The van der Waals surface area contributed by atoms with E-state index in [1.807, 2.05) is 17.0 Å². The lowest BCUT2D eigenvalue weighted by Gasteiger charge is -2.27. The zero-order valence-corrected chi connectivity index (χ0v) is 14.5. The van der Waals surface area contributed by atoms with E-state index in [4.69, 9.17) is 4.74 Å². The van der Waals surface area contributed by atoms with Crippen molar-refractivity contribution in [1.29, 1.82) is 0 Å². The first-order chi connectivity index (χ1) is 13.2. The summed E-state index contributed by atoms with van der Waals surface area (Å²) in [6.07, 6.45) is 3.35. The van der Waals surface area contributed by atoms with Gasteiger partial charge in [-0.25, -0.2) is 9.37 Å². The third kappa shape index (κ3) is 3.95. The first kappa shape index (κ1) is 17.2. The molecule has 0 atom stereocenters. The number of morpholine rings is 1. The van der Waals surface area contributed by atoms with Gasteiger partial charge in [0.25, 0.3) is 0 Å². The van der Waals surface area contributed by atoms with Gasteiger partial charge in [0.15, 0.2) is 0 Å². The molecule has 8 heteroatoms. The Kier molecular flexibility index (Phi) is 4.80. The average Bonchev–Trinajstić information content (AvgIpc) is 2.71. The molecule has 2 N–H and O–H groups in total. The first-order valence-electron chi connectivity index (χ1n) is 8.57. The number of benzene rings is 1. The summed E-state index contributed by atoms with van der Waals surface area (Å²) >= 11 is 0. The fraction of sp³-hybridized carbons (Fsp3) is 0.211. The zero-order chi connectivity index (χ0) is 18.6. The van der Waals surface area contributed by atoms with Crippen molar-refractivity contribution < 1.29 is 14.2 Å². The molecule has 1 saturated heterocycles. The molecule has 0 aliphatic carbocycles. The summed E-state index contributed by atoms with van der Waals surface area (Å²) in [5.74, 6) is 0.494. The maximum absolute atomic E-state index is 14.4. The van der Waals surface area contributed by atoms with Gasteiger partial charge in [-0.2, -0.15) is 4.98 Å². The molecule has 4 rings (SSSR count). The quantitative estimate of drug-likeness (QED) is 0.733. The number of phenols is 1. The molecule has 3 heterocycles. The molecule has 1 fully saturated rings. The topological polar surface area (TPSA) is 83.4 Å². The van der Waals surface area contributed by atoms with Gasteiger partial charge in [0.1, 0.15) is 17.4 Å². The Balaban J connectivity index is 1.77. The number of phenolic OH excluding ortho intramolecular Hbond substituents is 1. The van der Waals surface area contributed by atoms with Crippen LogP contribution in [0.15, 0.2) is 48.8 Å². The number of pyridine rings is 1. The summed E-state index contributed by atoms with van der Waals surface area (Å²) in [7, 11) is 0. The van der Waals surface area contributed by atoms with Crippen molar-refractivity contribution in [3.05, 3.63) is 54.6 Å². The van der Waals surface area contributed by atoms with Crippen LogP contribution in [0.2, 0.25) is 0 Å². The second kappa shape index (κ2) is 7.55. The van der Waals surface area contributed by atoms with Gasteiger partial charge in [-0.3, -0.25) is 4.98 Å². The van der Waals surface area contributed by atoms with Gasteiger partial charge >= 0.3 is 0 Å². The molecule has 0 radical (unpaired) electrons. The molecule has 7 nitrogen and oxygen atoms in total. The number of anilines is 3. The number of ether oxygens (including phenoxy) is 1. The highest BCUT2D eigenvalue weighted by Gasteiger charge is 2.18. The fourth-order valence-electron chi connectivity index (χ4n) is 2.84. The third-order valence-electron chi connectivity index (χ3n) is 4.17. The summed E-state index contributed by atoms with van der Waals surface area (Å²) in [6.45, 7) is 2.47. The molecule has 2 aromatic heterocycles. The molecule has 1 aliphatic rings. The molecule has 27 heavy (non-hydrogen) atoms. The summed E-state index contributed by atoms with van der Waals surface area (Å²) in [5, 5.41) is 12.9. The van der Waals surface area contributed by atoms with Gasteiger partial charge in [0.05, 0.1) is 30.8 Å². The molecule has 0 amide bonds. The van der Waals surface area contributed by atoms with Gasteiger partial charge < -0.3 is 20.1 Å². The molecule has 3 aromatic rings. The molecule has 0 saturated carbocycles. The molecular weight excluding hydrogens is 349 g/mol. The van der Waals surface area contributed by atoms with Crippen molar-refractivity contribution in [2.24, 2.45) is 0 Å². The highest BCUT2D eigenvalue weighted by atomic mass is 19.1. The minimum atomic E-state index is -0.466. The lowest BCUT2D eigenvalue weighted by Crippen LogP contribution is -2.37. The van der Waals surface area contributed by atoms with Crippen LogP contribution in [0, 0.1) is 5.82 Å². The highest BCUT2D eigenvalue weighted by Crippen LogP contribution is 2.29. The predicted molar refractivity (Wildman–Crippen MR) is 99.6 cm³/mol. The number of hydrogen-bond donors (Lipinski definition) is 2. The fourth-order valence-corrected chi connectivity index (χ4v) is 2.84. The molecule has 1 aromatic carbocycles. The Hall–Kier alpha value is -3.26. The smallest absolute Gasteiger partial charge is 0.228 e. The predicted octanol–water partition coefficient (Wildman–Crippen LogP) is 2.96. The normalized spacial score (nSPS) is 14.2. The Bertz CT molecular complexity index is 933. The average molecular weight is 367 g/mol. The second-order valence-corrected chi connectivity index (χ2v) is 6.07. The van der Waals surface area contributed by atoms with Crippen LogP contribution in [-0.4, -0.2) is 46.4 Å². The van der Waals surface area contributed by atoms with Crippen molar-refractivity contribution >= 4 is 17.5 Å². The highest BCUT2D eigenvalue weighted by molar-refractivity contribution is 5.68. The van der Waals surface area contributed by atoms with E-state index in [-0.39, 0.29) is 11.3 Å². The van der Waals surface area contributed by atoms with E-state index in [0.717, 1.165) is 5.69 Å². The van der Waals surface area contributed by atoms with Crippen LogP contribution in [-0.2, 0) is 4.74 Å². The molecule has 1 aliphatic heterocycles. The minimum Gasteiger partial charge on any atom is -0.508 e. The first-order valence-corrected chi connectivity index (χ1v) is 8.57. The van der Waals surface area contributed by atoms with E-state index in [1.54, 1.807) is 18.5 Å². The van der Waals surface area contributed by atoms with Gasteiger partial charge in [0.2, 0.25) is 5.95 Å². The van der Waals surface area contributed by atoms with Crippen LogP contribution < -0.4 is 10.2 Å². The van der Waals surface area contributed by atoms with Gasteiger partial charge in [-0.05, 0) is 30.3 Å². The summed E-state index contributed by atoms with van der Waals surface area (Å²) in [4.78, 5) is 15.2. The molecular formula is C19H18FN5O2. The number of halogens is 1. The second-order valence-electron chi connectivity index (χ2n) is 6.07. The summed E-state index contributed by atoms with van der Waals surface area (Å²) < 4.78 is 19.7.